The van der Waals surface area contributed by atoms with Crippen LogP contribution in [0.5, 0.6) is 0 Å². The van der Waals surface area contributed by atoms with Gasteiger partial charge in [0.25, 0.3) is 0 Å². The molecule has 0 radical (unpaired) electrons. The molecular weight excluding hydrogens is 196 g/mol. The summed E-state index contributed by atoms with van der Waals surface area (Å²) in [5.41, 5.74) is 1.44. The molecule has 0 spiro atoms. The van der Waals surface area contributed by atoms with Gasteiger partial charge in [-0.1, -0.05) is 13.8 Å². The van der Waals surface area contributed by atoms with Crippen molar-refractivity contribution in [3.8, 4) is 0 Å². The van der Waals surface area contributed by atoms with Crippen LogP contribution >= 0.6 is 0 Å². The van der Waals surface area contributed by atoms with E-state index in [2.05, 4.69) is 12.2 Å². The highest BCUT2D eigenvalue weighted by molar-refractivity contribution is 5.40. The smallest absolute Gasteiger partial charge is 0.129 e. The third-order valence-corrected chi connectivity index (χ3v) is 3.54. The number of fused-ring (bicyclic) bond motifs is 1. The Morgan fingerprint density at radius 1 is 1.20 bits per heavy atom. The van der Waals surface area contributed by atoms with E-state index in [9.17, 15) is 8.78 Å². The van der Waals surface area contributed by atoms with Gasteiger partial charge in [-0.25, -0.2) is 8.78 Å². The van der Waals surface area contributed by atoms with Gasteiger partial charge in [-0.15, -0.1) is 0 Å². The second kappa shape index (κ2) is 3.56. The molecule has 0 fully saturated rings. The van der Waals surface area contributed by atoms with E-state index in [4.69, 9.17) is 0 Å². The van der Waals surface area contributed by atoms with Crippen molar-refractivity contribution in [2.45, 2.75) is 25.8 Å². The predicted octanol–water partition coefficient (Wildman–Crippen LogP) is 2.98. The zero-order chi connectivity index (χ0) is 11.2. The Kier molecular flexibility index (Phi) is 2.51. The minimum Gasteiger partial charge on any atom is -0.313 e. The van der Waals surface area contributed by atoms with Crippen LogP contribution in [-0.2, 0) is 0 Å². The van der Waals surface area contributed by atoms with Crippen LogP contribution in [0, 0.1) is 17.6 Å². The lowest BCUT2D eigenvalue weighted by atomic mass is 9.94. The normalized spacial score (nSPS) is 29.3. The Labute approximate surface area is 88.5 Å². The lowest BCUT2D eigenvalue weighted by Gasteiger charge is -2.17. The van der Waals surface area contributed by atoms with Crippen molar-refractivity contribution in [2.24, 2.45) is 5.92 Å². The first-order chi connectivity index (χ1) is 7.06. The van der Waals surface area contributed by atoms with Gasteiger partial charge in [0.15, 0.2) is 0 Å². The predicted molar refractivity (Wildman–Crippen MR) is 55.7 cm³/mol. The van der Waals surface area contributed by atoms with E-state index >= 15 is 0 Å². The van der Waals surface area contributed by atoms with Crippen LogP contribution in [0.25, 0.3) is 0 Å². The summed E-state index contributed by atoms with van der Waals surface area (Å²) >= 11 is 0. The fourth-order valence-electron chi connectivity index (χ4n) is 2.60. The molecule has 0 amide bonds. The highest BCUT2D eigenvalue weighted by Gasteiger charge is 2.36. The summed E-state index contributed by atoms with van der Waals surface area (Å²) in [7, 11) is 1.83. The van der Waals surface area contributed by atoms with E-state index in [1.165, 1.54) is 6.07 Å². The summed E-state index contributed by atoms with van der Waals surface area (Å²) in [5, 5.41) is 3.12. The van der Waals surface area contributed by atoms with Crippen LogP contribution in [0.2, 0.25) is 0 Å². The van der Waals surface area contributed by atoms with Crippen molar-refractivity contribution in [1.82, 2.24) is 5.32 Å². The molecule has 3 unspecified atom stereocenters. The minimum atomic E-state index is -0.493. The summed E-state index contributed by atoms with van der Waals surface area (Å²) in [6, 6.07) is 2.47. The molecular formula is C12H15F2N. The highest BCUT2D eigenvalue weighted by atomic mass is 19.1. The van der Waals surface area contributed by atoms with Gasteiger partial charge < -0.3 is 5.32 Å². The maximum absolute atomic E-state index is 13.6. The fraction of sp³-hybridized carbons (Fsp3) is 0.500. The molecule has 1 aliphatic rings. The molecule has 3 atom stereocenters. The molecule has 0 heterocycles. The van der Waals surface area contributed by atoms with Crippen molar-refractivity contribution in [3.05, 3.63) is 34.9 Å². The number of hydrogen-bond donors (Lipinski definition) is 1. The molecule has 15 heavy (non-hydrogen) atoms. The summed E-state index contributed by atoms with van der Waals surface area (Å²) in [4.78, 5) is 0. The van der Waals surface area contributed by atoms with Gasteiger partial charge in [0.2, 0.25) is 0 Å². The molecule has 0 bridgehead atoms. The first kappa shape index (κ1) is 10.6. The molecule has 1 nitrogen and oxygen atoms in total. The average molecular weight is 211 g/mol. The summed E-state index contributed by atoms with van der Waals surface area (Å²) in [6.07, 6.45) is 0. The average Bonchev–Trinajstić information content (AvgIpc) is 2.39. The first-order valence-corrected chi connectivity index (χ1v) is 5.22. The number of rotatable bonds is 1. The Balaban J connectivity index is 2.60. The van der Waals surface area contributed by atoms with Crippen LogP contribution in [0.1, 0.15) is 36.9 Å². The van der Waals surface area contributed by atoms with Crippen LogP contribution in [0.15, 0.2) is 12.1 Å². The molecule has 1 aromatic rings. The lowest BCUT2D eigenvalue weighted by molar-refractivity contribution is 0.399. The lowest BCUT2D eigenvalue weighted by Crippen LogP contribution is -2.20. The number of nitrogens with one attached hydrogen (secondary N) is 1. The summed E-state index contributed by atoms with van der Waals surface area (Å²) < 4.78 is 26.7. The molecule has 0 saturated heterocycles. The highest BCUT2D eigenvalue weighted by Crippen LogP contribution is 2.45. The van der Waals surface area contributed by atoms with Crippen molar-refractivity contribution in [1.29, 1.82) is 0 Å². The molecule has 2 rings (SSSR count). The minimum absolute atomic E-state index is 0.0557. The Bertz CT molecular complexity index is 389. The maximum atomic E-state index is 13.6. The quantitative estimate of drug-likeness (QED) is 0.753. The van der Waals surface area contributed by atoms with Gasteiger partial charge >= 0.3 is 0 Å². The monoisotopic (exact) mass is 211 g/mol. The largest absolute Gasteiger partial charge is 0.313 e. The molecule has 1 N–H and O–H groups in total. The molecule has 0 aromatic heterocycles. The van der Waals surface area contributed by atoms with Gasteiger partial charge in [-0.2, -0.15) is 0 Å². The molecule has 0 saturated carbocycles. The van der Waals surface area contributed by atoms with Gasteiger partial charge in [-0.05, 0) is 36.1 Å². The second-order valence-electron chi connectivity index (χ2n) is 4.30. The van der Waals surface area contributed by atoms with Gasteiger partial charge in [0, 0.05) is 12.1 Å². The third kappa shape index (κ3) is 1.46. The van der Waals surface area contributed by atoms with E-state index in [0.29, 0.717) is 11.5 Å². The number of benzene rings is 1. The van der Waals surface area contributed by atoms with Crippen LogP contribution in [0.4, 0.5) is 8.78 Å². The van der Waals surface area contributed by atoms with Crippen LogP contribution < -0.4 is 5.32 Å². The molecule has 0 aliphatic heterocycles. The molecule has 1 aliphatic carbocycles. The van der Waals surface area contributed by atoms with Gasteiger partial charge in [0.05, 0.1) is 0 Å². The topological polar surface area (TPSA) is 12.0 Å². The Morgan fingerprint density at radius 3 is 2.47 bits per heavy atom. The van der Waals surface area contributed by atoms with Crippen molar-refractivity contribution >= 4 is 0 Å². The molecule has 82 valence electrons. The van der Waals surface area contributed by atoms with Crippen molar-refractivity contribution < 1.29 is 8.78 Å². The zero-order valence-corrected chi connectivity index (χ0v) is 9.14. The van der Waals surface area contributed by atoms with E-state index in [-0.39, 0.29) is 12.0 Å². The zero-order valence-electron chi connectivity index (χ0n) is 9.14. The van der Waals surface area contributed by atoms with E-state index in [0.717, 1.165) is 11.6 Å². The second-order valence-corrected chi connectivity index (χ2v) is 4.30. The van der Waals surface area contributed by atoms with E-state index in [1.807, 2.05) is 14.0 Å². The van der Waals surface area contributed by atoms with Crippen LogP contribution in [-0.4, -0.2) is 7.05 Å². The van der Waals surface area contributed by atoms with E-state index < -0.39 is 11.6 Å². The summed E-state index contributed by atoms with van der Waals surface area (Å²) in [5.74, 6) is -0.478. The van der Waals surface area contributed by atoms with Crippen molar-refractivity contribution in [3.63, 3.8) is 0 Å². The Morgan fingerprint density at radius 2 is 1.87 bits per heavy atom. The van der Waals surface area contributed by atoms with Crippen molar-refractivity contribution in [2.75, 3.05) is 7.05 Å². The maximum Gasteiger partial charge on any atom is 0.129 e. The van der Waals surface area contributed by atoms with Crippen LogP contribution in [0.3, 0.4) is 0 Å². The molecule has 1 aromatic carbocycles. The number of halogens is 2. The standard InChI is InChI=1S/C12H15F2N/c1-6-7(2)12(15-3)9-4-8(13)5-10(14)11(6)9/h4-7,12,15H,1-3H3. The molecule has 3 heteroatoms. The summed E-state index contributed by atoms with van der Waals surface area (Å²) in [6.45, 7) is 4.05. The first-order valence-electron chi connectivity index (χ1n) is 5.22. The SMILES string of the molecule is CNC1c2cc(F)cc(F)c2C(C)C1C. The fourth-order valence-corrected chi connectivity index (χ4v) is 2.60. The third-order valence-electron chi connectivity index (χ3n) is 3.54. The van der Waals surface area contributed by atoms with Gasteiger partial charge in [0.1, 0.15) is 11.6 Å². The Hall–Kier alpha value is -0.960. The van der Waals surface area contributed by atoms with Gasteiger partial charge in [-0.3, -0.25) is 0 Å². The van der Waals surface area contributed by atoms with E-state index in [1.54, 1.807) is 0 Å². The number of hydrogen-bond acceptors (Lipinski definition) is 1.